The van der Waals surface area contributed by atoms with Crippen molar-refractivity contribution in [1.82, 2.24) is 25.0 Å². The van der Waals surface area contributed by atoms with Gasteiger partial charge in [-0.05, 0) is 79.7 Å². The van der Waals surface area contributed by atoms with Crippen molar-refractivity contribution in [3.05, 3.63) is 77.8 Å². The molecule has 1 aliphatic rings. The number of likely N-dealkylation sites (N-methyl/N-ethyl adjacent to an activating group) is 1. The molecule has 1 N–H and O–H groups in total. The Morgan fingerprint density at radius 2 is 1.77 bits per heavy atom. The van der Waals surface area contributed by atoms with Gasteiger partial charge in [0.2, 0.25) is 5.95 Å². The number of methoxy groups -OCH3 is 1. The summed E-state index contributed by atoms with van der Waals surface area (Å²) in [6, 6.07) is 16.0. The van der Waals surface area contributed by atoms with Crippen LogP contribution in [-0.2, 0) is 9.84 Å². The van der Waals surface area contributed by atoms with Crippen LogP contribution in [0.1, 0.15) is 5.56 Å². The highest BCUT2D eigenvalue weighted by atomic mass is 35.5. The van der Waals surface area contributed by atoms with Crippen molar-refractivity contribution in [2.45, 2.75) is 17.2 Å². The van der Waals surface area contributed by atoms with E-state index in [9.17, 15) is 8.42 Å². The summed E-state index contributed by atoms with van der Waals surface area (Å²) < 4.78 is 32.1. The lowest BCUT2D eigenvalue weighted by Gasteiger charge is -2.36. The molecule has 1 saturated heterocycles. The summed E-state index contributed by atoms with van der Waals surface area (Å²) in [4.78, 5) is 9.03. The van der Waals surface area contributed by atoms with Crippen molar-refractivity contribution in [1.29, 1.82) is 0 Å². The number of piperazine rings is 1. The Morgan fingerprint density at radius 1 is 1.05 bits per heavy atom. The third-order valence-corrected chi connectivity index (χ3v) is 9.48. The van der Waals surface area contributed by atoms with Gasteiger partial charge >= 0.3 is 0 Å². The fourth-order valence-electron chi connectivity index (χ4n) is 4.82. The highest BCUT2D eigenvalue weighted by Crippen LogP contribution is 2.34. The second-order valence-corrected chi connectivity index (χ2v) is 12.3. The predicted molar refractivity (Wildman–Crippen MR) is 159 cm³/mol. The minimum atomic E-state index is -3.63. The van der Waals surface area contributed by atoms with E-state index in [0.717, 1.165) is 29.8 Å². The van der Waals surface area contributed by atoms with Gasteiger partial charge in [-0.15, -0.1) is 16.8 Å². The zero-order valence-corrected chi connectivity index (χ0v) is 24.2. The molecule has 1 atom stereocenters. The summed E-state index contributed by atoms with van der Waals surface area (Å²) >= 11 is 6.45. The summed E-state index contributed by atoms with van der Waals surface area (Å²) in [6.07, 6.45) is 1.51. The van der Waals surface area contributed by atoms with E-state index in [1.165, 1.54) is 6.08 Å². The van der Waals surface area contributed by atoms with Gasteiger partial charge in [-0.3, -0.25) is 4.90 Å². The molecule has 40 heavy (non-hydrogen) atoms. The van der Waals surface area contributed by atoms with E-state index in [0.29, 0.717) is 46.5 Å². The average molecular weight is 579 g/mol. The van der Waals surface area contributed by atoms with Gasteiger partial charge in [-0.25, -0.2) is 13.4 Å². The van der Waals surface area contributed by atoms with E-state index in [1.54, 1.807) is 37.4 Å². The van der Waals surface area contributed by atoms with E-state index in [2.05, 4.69) is 32.0 Å². The van der Waals surface area contributed by atoms with Crippen molar-refractivity contribution in [2.24, 2.45) is 0 Å². The molecule has 0 amide bonds. The lowest BCUT2D eigenvalue weighted by molar-refractivity contribution is 0.154. The highest BCUT2D eigenvalue weighted by molar-refractivity contribution is 7.92. The van der Waals surface area contributed by atoms with Crippen molar-refractivity contribution in [3.8, 4) is 16.9 Å². The van der Waals surface area contributed by atoms with Crippen molar-refractivity contribution in [2.75, 3.05) is 45.7 Å². The molecule has 9 nitrogen and oxygen atoms in total. The van der Waals surface area contributed by atoms with Gasteiger partial charge in [0.15, 0.2) is 9.84 Å². The normalized spacial score (nSPS) is 15.6. The van der Waals surface area contributed by atoms with Crippen LogP contribution in [0.4, 0.5) is 11.6 Å². The molecular weight excluding hydrogens is 548 g/mol. The number of ether oxygens (including phenoxy) is 1. The topological polar surface area (TPSA) is 101 Å². The Kier molecular flexibility index (Phi) is 8.04. The van der Waals surface area contributed by atoms with Gasteiger partial charge in [-0.2, -0.15) is 0 Å². The minimum Gasteiger partial charge on any atom is -0.497 e. The molecule has 0 saturated carbocycles. The van der Waals surface area contributed by atoms with Crippen molar-refractivity contribution >= 4 is 44.1 Å². The molecule has 11 heteroatoms. The van der Waals surface area contributed by atoms with Crippen LogP contribution in [0, 0.1) is 6.92 Å². The summed E-state index contributed by atoms with van der Waals surface area (Å²) in [5.41, 5.74) is 4.59. The van der Waals surface area contributed by atoms with E-state index >= 15 is 0 Å². The fraction of sp³-hybridized carbons (Fsp3) is 0.276. The third kappa shape index (κ3) is 5.66. The number of anilines is 2. The first-order valence-electron chi connectivity index (χ1n) is 12.8. The molecule has 2 heterocycles. The highest BCUT2D eigenvalue weighted by Gasteiger charge is 2.32. The summed E-state index contributed by atoms with van der Waals surface area (Å²) in [5, 5.41) is 11.6. The SMILES string of the molecule is C=CC(N1CCN(C)CC1)S(=O)(=O)c1ccc(Nc2nnc3cc(-c4cc(OC)ccc4Cl)cc(C)c3n2)cc1. The number of fused-ring (bicyclic) bond motifs is 1. The van der Waals surface area contributed by atoms with Gasteiger partial charge in [0.05, 0.1) is 17.5 Å². The number of hydrogen-bond donors (Lipinski definition) is 1. The third-order valence-electron chi connectivity index (χ3n) is 7.09. The van der Waals surface area contributed by atoms with Crippen LogP contribution in [0.3, 0.4) is 0 Å². The van der Waals surface area contributed by atoms with Crippen LogP contribution in [-0.4, -0.2) is 79.1 Å². The number of nitrogens with one attached hydrogen (secondary N) is 1. The number of benzene rings is 3. The van der Waals surface area contributed by atoms with Crippen LogP contribution in [0.25, 0.3) is 22.2 Å². The Balaban J connectivity index is 1.36. The molecule has 0 aliphatic carbocycles. The number of halogens is 1. The summed E-state index contributed by atoms with van der Waals surface area (Å²) in [7, 11) is 0.0205. The predicted octanol–water partition coefficient (Wildman–Crippen LogP) is 4.94. The number of nitrogens with zero attached hydrogens (tertiary/aromatic N) is 5. The number of aromatic nitrogens is 3. The molecule has 0 radical (unpaired) electrons. The second kappa shape index (κ2) is 11.5. The summed E-state index contributed by atoms with van der Waals surface area (Å²) in [5.74, 6) is 1.01. The maximum Gasteiger partial charge on any atom is 0.247 e. The molecule has 5 rings (SSSR count). The fourth-order valence-corrected chi connectivity index (χ4v) is 6.70. The van der Waals surface area contributed by atoms with Gasteiger partial charge < -0.3 is 15.0 Å². The first-order valence-corrected chi connectivity index (χ1v) is 14.8. The van der Waals surface area contributed by atoms with E-state index in [4.69, 9.17) is 16.3 Å². The summed E-state index contributed by atoms with van der Waals surface area (Å²) in [6.45, 7) is 8.74. The Morgan fingerprint density at radius 3 is 2.45 bits per heavy atom. The monoisotopic (exact) mass is 578 g/mol. The van der Waals surface area contributed by atoms with Crippen molar-refractivity contribution < 1.29 is 13.2 Å². The molecule has 4 aromatic rings. The lowest BCUT2D eigenvalue weighted by atomic mass is 10.0. The maximum atomic E-state index is 13.4. The second-order valence-electron chi connectivity index (χ2n) is 9.80. The van der Waals surface area contributed by atoms with Crippen LogP contribution < -0.4 is 10.1 Å². The van der Waals surface area contributed by atoms with Gasteiger partial charge in [-0.1, -0.05) is 17.7 Å². The standard InChI is InChI=1S/C29H31ClN6O3S/c1-5-27(36-14-12-35(3)13-15-36)40(37,38)23-9-6-21(7-10-23)31-29-32-28-19(2)16-20(17-26(28)33-34-29)24-18-22(39-4)8-11-25(24)30/h5-11,16-18,27H,1,12-15H2,2-4H3,(H,31,32,34). The van der Waals surface area contributed by atoms with E-state index < -0.39 is 15.2 Å². The molecule has 1 aromatic heterocycles. The van der Waals surface area contributed by atoms with Gasteiger partial charge in [0, 0.05) is 42.5 Å². The first-order chi connectivity index (χ1) is 19.2. The molecule has 1 fully saturated rings. The molecular formula is C29H31ClN6O3S. The molecule has 1 aliphatic heterocycles. The van der Waals surface area contributed by atoms with Gasteiger partial charge in [0.25, 0.3) is 0 Å². The molecule has 3 aromatic carbocycles. The average Bonchev–Trinajstić information content (AvgIpc) is 2.95. The molecule has 1 unspecified atom stereocenters. The lowest BCUT2D eigenvalue weighted by Crippen LogP contribution is -2.50. The van der Waals surface area contributed by atoms with Crippen LogP contribution in [0.15, 0.2) is 72.1 Å². The van der Waals surface area contributed by atoms with Crippen LogP contribution in [0.5, 0.6) is 5.75 Å². The quantitative estimate of drug-likeness (QED) is 0.291. The maximum absolute atomic E-state index is 13.4. The Bertz CT molecular complexity index is 1650. The van der Waals surface area contributed by atoms with Crippen LogP contribution in [0.2, 0.25) is 5.02 Å². The largest absolute Gasteiger partial charge is 0.497 e. The number of rotatable bonds is 8. The number of hydrogen-bond acceptors (Lipinski definition) is 9. The number of aryl methyl sites for hydroxylation is 1. The zero-order valence-electron chi connectivity index (χ0n) is 22.6. The molecule has 0 bridgehead atoms. The van der Waals surface area contributed by atoms with Crippen molar-refractivity contribution in [3.63, 3.8) is 0 Å². The number of sulfone groups is 1. The van der Waals surface area contributed by atoms with Gasteiger partial charge in [0.1, 0.15) is 16.6 Å². The molecule has 0 spiro atoms. The minimum absolute atomic E-state index is 0.235. The smallest absolute Gasteiger partial charge is 0.247 e. The van der Waals surface area contributed by atoms with Crippen LogP contribution >= 0.6 is 11.6 Å². The Labute approximate surface area is 239 Å². The molecule has 208 valence electrons. The first kappa shape index (κ1) is 28.0. The Hall–Kier alpha value is -3.57. The van der Waals surface area contributed by atoms with E-state index in [1.807, 2.05) is 43.1 Å². The van der Waals surface area contributed by atoms with E-state index in [-0.39, 0.29) is 4.90 Å². The zero-order chi connectivity index (χ0) is 28.4.